The van der Waals surface area contributed by atoms with Crippen LogP contribution in [0.25, 0.3) is 0 Å². The summed E-state index contributed by atoms with van der Waals surface area (Å²) in [6.07, 6.45) is 0. The molecule has 0 amide bonds. The van der Waals surface area contributed by atoms with Crippen LogP contribution in [0.4, 0.5) is 0 Å². The lowest BCUT2D eigenvalue weighted by atomic mass is 10.2. The summed E-state index contributed by atoms with van der Waals surface area (Å²) in [5.41, 5.74) is 1.91. The maximum absolute atomic E-state index is 9.46. The first-order valence-corrected chi connectivity index (χ1v) is 6.15. The van der Waals surface area contributed by atoms with Crippen LogP contribution >= 0.6 is 11.8 Å². The van der Waals surface area contributed by atoms with Gasteiger partial charge in [-0.3, -0.25) is 0 Å². The Morgan fingerprint density at radius 3 is 2.29 bits per heavy atom. The third-order valence-electron chi connectivity index (χ3n) is 2.55. The Morgan fingerprint density at radius 2 is 1.65 bits per heavy atom. The third kappa shape index (κ3) is 2.74. The number of phenols is 2. The van der Waals surface area contributed by atoms with Crippen LogP contribution in [0.1, 0.15) is 11.1 Å². The molecule has 2 aromatic carbocycles. The molecule has 3 heteroatoms. The zero-order chi connectivity index (χ0) is 12.4. The van der Waals surface area contributed by atoms with Gasteiger partial charge in [-0.2, -0.15) is 0 Å². The summed E-state index contributed by atoms with van der Waals surface area (Å²) in [4.78, 5) is 2.18. The number of hydrogen-bond donors (Lipinski definition) is 2. The Balaban J connectivity index is 2.28. The van der Waals surface area contributed by atoms with Crippen molar-refractivity contribution in [1.29, 1.82) is 0 Å². The van der Waals surface area contributed by atoms with E-state index in [0.29, 0.717) is 5.75 Å². The topological polar surface area (TPSA) is 40.5 Å². The Kier molecular flexibility index (Phi) is 3.29. The molecule has 2 nitrogen and oxygen atoms in total. The van der Waals surface area contributed by atoms with Gasteiger partial charge in [0.2, 0.25) is 0 Å². The molecule has 0 spiro atoms. The zero-order valence-electron chi connectivity index (χ0n) is 9.77. The Bertz CT molecular complexity index is 550. The third-order valence-corrected chi connectivity index (χ3v) is 3.72. The van der Waals surface area contributed by atoms with Gasteiger partial charge < -0.3 is 10.2 Å². The standard InChI is InChI=1S/C14H14O2S/c1-9-8-12(4-5-13(9)16)17-14-6-3-11(15)7-10(14)2/h3-8,15-16H,1-2H3. The molecule has 0 bridgehead atoms. The first-order chi connectivity index (χ1) is 8.06. The van der Waals surface area contributed by atoms with Gasteiger partial charge in [0.15, 0.2) is 0 Å². The van der Waals surface area contributed by atoms with Gasteiger partial charge in [-0.15, -0.1) is 0 Å². The molecule has 0 heterocycles. The van der Waals surface area contributed by atoms with E-state index in [-0.39, 0.29) is 5.75 Å². The first-order valence-electron chi connectivity index (χ1n) is 5.33. The van der Waals surface area contributed by atoms with E-state index >= 15 is 0 Å². The van der Waals surface area contributed by atoms with Crippen LogP contribution in [-0.2, 0) is 0 Å². The van der Waals surface area contributed by atoms with E-state index < -0.39 is 0 Å². The Hall–Kier alpha value is -1.61. The zero-order valence-corrected chi connectivity index (χ0v) is 10.6. The largest absolute Gasteiger partial charge is 0.508 e. The fraction of sp³-hybridized carbons (Fsp3) is 0.143. The second-order valence-corrected chi connectivity index (χ2v) is 5.12. The highest BCUT2D eigenvalue weighted by Gasteiger charge is 2.04. The molecule has 0 saturated heterocycles. The van der Waals surface area contributed by atoms with Crippen molar-refractivity contribution in [3.63, 3.8) is 0 Å². The van der Waals surface area contributed by atoms with E-state index in [1.165, 1.54) is 0 Å². The second kappa shape index (κ2) is 4.72. The van der Waals surface area contributed by atoms with Gasteiger partial charge in [0, 0.05) is 9.79 Å². The molecular formula is C14H14O2S. The SMILES string of the molecule is Cc1cc(Sc2ccc(O)cc2C)ccc1O. The number of aryl methyl sites for hydroxylation is 2. The Morgan fingerprint density at radius 1 is 0.882 bits per heavy atom. The predicted octanol–water partition coefficient (Wildman–Crippen LogP) is 3.87. The van der Waals surface area contributed by atoms with E-state index in [2.05, 4.69) is 0 Å². The molecule has 88 valence electrons. The molecule has 0 radical (unpaired) electrons. The molecule has 2 aromatic rings. The van der Waals surface area contributed by atoms with E-state index in [1.54, 1.807) is 30.0 Å². The van der Waals surface area contributed by atoms with Crippen LogP contribution in [0.15, 0.2) is 46.2 Å². The van der Waals surface area contributed by atoms with Crippen LogP contribution in [-0.4, -0.2) is 10.2 Å². The summed E-state index contributed by atoms with van der Waals surface area (Å²) in [6.45, 7) is 3.85. The molecule has 0 fully saturated rings. The van der Waals surface area contributed by atoms with Crippen LogP contribution in [0, 0.1) is 13.8 Å². The molecule has 2 N–H and O–H groups in total. The molecule has 0 aliphatic carbocycles. The fourth-order valence-corrected chi connectivity index (χ4v) is 2.55. The van der Waals surface area contributed by atoms with Gasteiger partial charge in [0.1, 0.15) is 11.5 Å². The number of phenolic OH excluding ortho intramolecular Hbond substituents is 2. The molecule has 0 atom stereocenters. The van der Waals surface area contributed by atoms with E-state index in [9.17, 15) is 10.2 Å². The van der Waals surface area contributed by atoms with Crippen molar-refractivity contribution < 1.29 is 10.2 Å². The summed E-state index contributed by atoms with van der Waals surface area (Å²) in [5.74, 6) is 0.602. The van der Waals surface area contributed by atoms with Crippen molar-refractivity contribution >= 4 is 11.8 Å². The molecule has 0 aliphatic heterocycles. The maximum Gasteiger partial charge on any atom is 0.118 e. The average molecular weight is 246 g/mol. The monoisotopic (exact) mass is 246 g/mol. The quantitative estimate of drug-likeness (QED) is 0.845. The van der Waals surface area contributed by atoms with Gasteiger partial charge >= 0.3 is 0 Å². The van der Waals surface area contributed by atoms with Gasteiger partial charge in [0.05, 0.1) is 0 Å². The minimum Gasteiger partial charge on any atom is -0.508 e. The highest BCUT2D eigenvalue weighted by Crippen LogP contribution is 2.33. The van der Waals surface area contributed by atoms with Crippen molar-refractivity contribution in [2.75, 3.05) is 0 Å². The lowest BCUT2D eigenvalue weighted by Gasteiger charge is -2.07. The smallest absolute Gasteiger partial charge is 0.118 e. The normalized spacial score (nSPS) is 10.5. The first kappa shape index (κ1) is 11.9. The lowest BCUT2D eigenvalue weighted by molar-refractivity contribution is 0.470. The van der Waals surface area contributed by atoms with E-state index in [0.717, 1.165) is 20.9 Å². The van der Waals surface area contributed by atoms with Crippen LogP contribution in [0.5, 0.6) is 11.5 Å². The van der Waals surface area contributed by atoms with Gasteiger partial charge in [0.25, 0.3) is 0 Å². The van der Waals surface area contributed by atoms with Crippen molar-refractivity contribution in [3.8, 4) is 11.5 Å². The van der Waals surface area contributed by atoms with Crippen molar-refractivity contribution in [2.45, 2.75) is 23.6 Å². The number of aromatic hydroxyl groups is 2. The van der Waals surface area contributed by atoms with Crippen LogP contribution in [0.2, 0.25) is 0 Å². The molecular weight excluding hydrogens is 232 g/mol. The number of rotatable bonds is 2. The van der Waals surface area contributed by atoms with Gasteiger partial charge in [-0.05, 0) is 61.4 Å². The van der Waals surface area contributed by atoms with Crippen LogP contribution < -0.4 is 0 Å². The number of hydrogen-bond acceptors (Lipinski definition) is 3. The average Bonchev–Trinajstić information content (AvgIpc) is 2.27. The highest BCUT2D eigenvalue weighted by molar-refractivity contribution is 7.99. The summed E-state index contributed by atoms with van der Waals surface area (Å²) < 4.78 is 0. The Labute approximate surface area is 105 Å². The summed E-state index contributed by atoms with van der Waals surface area (Å²) in [6, 6.07) is 10.9. The highest BCUT2D eigenvalue weighted by atomic mass is 32.2. The lowest BCUT2D eigenvalue weighted by Crippen LogP contribution is -1.81. The maximum atomic E-state index is 9.46. The summed E-state index contributed by atoms with van der Waals surface area (Å²) in [5, 5.41) is 18.8. The molecule has 0 saturated carbocycles. The molecule has 2 rings (SSSR count). The predicted molar refractivity (Wildman–Crippen MR) is 69.8 cm³/mol. The van der Waals surface area contributed by atoms with E-state index in [1.807, 2.05) is 32.0 Å². The minimum absolute atomic E-state index is 0.286. The van der Waals surface area contributed by atoms with Gasteiger partial charge in [-0.1, -0.05) is 11.8 Å². The summed E-state index contributed by atoms with van der Waals surface area (Å²) in [7, 11) is 0. The molecule has 0 unspecified atom stereocenters. The van der Waals surface area contributed by atoms with Crippen molar-refractivity contribution in [2.24, 2.45) is 0 Å². The molecule has 0 aromatic heterocycles. The number of benzene rings is 2. The minimum atomic E-state index is 0.286. The van der Waals surface area contributed by atoms with Crippen molar-refractivity contribution in [1.82, 2.24) is 0 Å². The van der Waals surface area contributed by atoms with Crippen LogP contribution in [0.3, 0.4) is 0 Å². The van der Waals surface area contributed by atoms with Crippen molar-refractivity contribution in [3.05, 3.63) is 47.5 Å². The second-order valence-electron chi connectivity index (χ2n) is 4.00. The van der Waals surface area contributed by atoms with Gasteiger partial charge in [-0.25, -0.2) is 0 Å². The van der Waals surface area contributed by atoms with E-state index in [4.69, 9.17) is 0 Å². The molecule has 17 heavy (non-hydrogen) atoms. The molecule has 0 aliphatic rings. The summed E-state index contributed by atoms with van der Waals surface area (Å²) >= 11 is 1.62. The fourth-order valence-electron chi connectivity index (χ4n) is 1.57.